The van der Waals surface area contributed by atoms with Crippen molar-refractivity contribution in [1.82, 2.24) is 0 Å². The lowest BCUT2D eigenvalue weighted by atomic mass is 10.4. The van der Waals surface area contributed by atoms with E-state index in [1.54, 1.807) is 0 Å². The van der Waals surface area contributed by atoms with Gasteiger partial charge in [-0.2, -0.15) is 0 Å². The molecule has 0 aliphatic rings. The largest absolute Gasteiger partial charge is 0.387 e. The van der Waals surface area contributed by atoms with Crippen molar-refractivity contribution in [2.45, 2.75) is 0 Å². The molecule has 0 spiro atoms. The minimum Gasteiger partial charge on any atom is -0.387 e. The maximum Gasteiger partial charge on any atom is 0.230 e. The van der Waals surface area contributed by atoms with Gasteiger partial charge < -0.3 is 10.2 Å². The number of hydrogen-bond donors (Lipinski definition) is 2. The number of rotatable bonds is 1. The van der Waals surface area contributed by atoms with Gasteiger partial charge in [0.05, 0.1) is 0 Å². The van der Waals surface area contributed by atoms with Gasteiger partial charge in [-0.05, 0) is 5.92 Å². The molecule has 0 bridgehead atoms. The van der Waals surface area contributed by atoms with E-state index < -0.39 is 12.4 Å². The number of hydrogen-bond acceptors (Lipinski definition) is 3. The number of ketones is 1. The van der Waals surface area contributed by atoms with Gasteiger partial charge in [-0.3, -0.25) is 4.79 Å². The van der Waals surface area contributed by atoms with Crippen molar-refractivity contribution >= 4 is 5.78 Å². The van der Waals surface area contributed by atoms with Gasteiger partial charge in [0.15, 0.2) is 0 Å². The van der Waals surface area contributed by atoms with Crippen LogP contribution in [-0.4, -0.2) is 29.2 Å². The first-order valence-corrected chi connectivity index (χ1v) is 2.04. The highest BCUT2D eigenvalue weighted by Gasteiger charge is 1.86. The fourth-order valence-electron chi connectivity index (χ4n) is 0.178. The van der Waals surface area contributed by atoms with E-state index in [0.29, 0.717) is 0 Å². The van der Waals surface area contributed by atoms with Crippen LogP contribution in [-0.2, 0) is 4.79 Å². The monoisotopic (exact) mass is 114 g/mol. The van der Waals surface area contributed by atoms with Crippen LogP contribution < -0.4 is 0 Å². The fraction of sp³-hybridized carbons (Fsp3) is 0.400. The second-order valence-electron chi connectivity index (χ2n) is 1.04. The van der Waals surface area contributed by atoms with Gasteiger partial charge in [-0.1, -0.05) is 5.92 Å². The number of aliphatic hydroxyl groups excluding tert-OH is 2. The van der Waals surface area contributed by atoms with Crippen molar-refractivity contribution in [2.24, 2.45) is 0 Å². The zero-order chi connectivity index (χ0) is 6.41. The third-order valence-corrected chi connectivity index (χ3v) is 0.450. The third kappa shape index (κ3) is 3.34. The number of carbonyl (C=O) groups is 1. The van der Waals surface area contributed by atoms with Crippen LogP contribution in [0.25, 0.3) is 0 Å². The van der Waals surface area contributed by atoms with Gasteiger partial charge in [-0.15, -0.1) is 0 Å². The SMILES string of the molecule is O=C(C#CCO)CO. The maximum atomic E-state index is 10.0. The Kier molecular flexibility index (Phi) is 3.85. The molecule has 44 valence electrons. The zero-order valence-corrected chi connectivity index (χ0v) is 4.22. The predicted molar refractivity (Wildman–Crippen MR) is 27.0 cm³/mol. The maximum absolute atomic E-state index is 10.0. The molecule has 0 saturated carbocycles. The summed E-state index contributed by atoms with van der Waals surface area (Å²) in [5, 5.41) is 16.0. The molecule has 3 nitrogen and oxygen atoms in total. The van der Waals surface area contributed by atoms with Crippen molar-refractivity contribution in [3.63, 3.8) is 0 Å². The van der Waals surface area contributed by atoms with E-state index in [1.807, 2.05) is 5.92 Å². The average Bonchev–Trinajstić information content (AvgIpc) is 1.83. The first kappa shape index (κ1) is 7.15. The molecule has 0 atom stereocenters. The van der Waals surface area contributed by atoms with E-state index in [1.165, 1.54) is 0 Å². The lowest BCUT2D eigenvalue weighted by molar-refractivity contribution is -0.116. The van der Waals surface area contributed by atoms with Crippen LogP contribution in [0.5, 0.6) is 0 Å². The van der Waals surface area contributed by atoms with E-state index >= 15 is 0 Å². The number of aliphatic hydroxyl groups is 2. The molecule has 0 aliphatic carbocycles. The van der Waals surface area contributed by atoms with Crippen molar-refractivity contribution in [3.05, 3.63) is 0 Å². The molecule has 0 aromatic carbocycles. The second kappa shape index (κ2) is 4.31. The Morgan fingerprint density at radius 1 is 1.50 bits per heavy atom. The van der Waals surface area contributed by atoms with Crippen LogP contribution in [0.4, 0.5) is 0 Å². The molecule has 0 fully saturated rings. The van der Waals surface area contributed by atoms with E-state index in [2.05, 4.69) is 5.92 Å². The van der Waals surface area contributed by atoms with Gasteiger partial charge in [-0.25, -0.2) is 0 Å². The fourth-order valence-corrected chi connectivity index (χ4v) is 0.178. The van der Waals surface area contributed by atoms with Gasteiger partial charge in [0.1, 0.15) is 13.2 Å². The molecular weight excluding hydrogens is 108 g/mol. The molecule has 0 aromatic heterocycles. The second-order valence-corrected chi connectivity index (χ2v) is 1.04. The molecule has 0 heterocycles. The quantitative estimate of drug-likeness (QED) is 0.323. The van der Waals surface area contributed by atoms with Crippen LogP contribution in [0.1, 0.15) is 0 Å². The first-order chi connectivity index (χ1) is 3.81. The zero-order valence-electron chi connectivity index (χ0n) is 4.22. The molecule has 3 heteroatoms. The minimum absolute atomic E-state index is 0.342. The topological polar surface area (TPSA) is 57.5 Å². The standard InChI is InChI=1S/C5H6O3/c6-3-1-2-5(8)4-7/h6-7H,3-4H2. The third-order valence-electron chi connectivity index (χ3n) is 0.450. The summed E-state index contributed by atoms with van der Waals surface area (Å²) >= 11 is 0. The lowest BCUT2D eigenvalue weighted by Gasteiger charge is -1.75. The normalized spacial score (nSPS) is 7.25. The molecule has 0 radical (unpaired) electrons. The summed E-state index contributed by atoms with van der Waals surface area (Å²) in [5.74, 6) is 3.52. The summed E-state index contributed by atoms with van der Waals surface area (Å²) in [5.41, 5.74) is 0. The summed E-state index contributed by atoms with van der Waals surface area (Å²) in [6.07, 6.45) is 0. The number of Topliss-reactive ketones (excluding diaryl/α,β-unsaturated/α-hetero) is 1. The summed E-state index contributed by atoms with van der Waals surface area (Å²) in [7, 11) is 0. The van der Waals surface area contributed by atoms with Crippen molar-refractivity contribution in [3.8, 4) is 11.8 Å². The van der Waals surface area contributed by atoms with E-state index in [-0.39, 0.29) is 6.61 Å². The van der Waals surface area contributed by atoms with Crippen molar-refractivity contribution in [2.75, 3.05) is 13.2 Å². The van der Waals surface area contributed by atoms with Gasteiger partial charge in [0.25, 0.3) is 0 Å². The van der Waals surface area contributed by atoms with E-state index in [0.717, 1.165) is 0 Å². The van der Waals surface area contributed by atoms with Gasteiger partial charge in [0, 0.05) is 0 Å². The van der Waals surface area contributed by atoms with Crippen molar-refractivity contribution in [1.29, 1.82) is 0 Å². The van der Waals surface area contributed by atoms with Gasteiger partial charge >= 0.3 is 0 Å². The summed E-state index contributed by atoms with van der Waals surface area (Å²) in [4.78, 5) is 10.0. The molecule has 0 aliphatic heterocycles. The molecule has 0 rings (SSSR count). The number of carbonyl (C=O) groups excluding carboxylic acids is 1. The van der Waals surface area contributed by atoms with Crippen LogP contribution in [0.2, 0.25) is 0 Å². The summed E-state index contributed by atoms with van der Waals surface area (Å²) in [6.45, 7) is -0.918. The molecule has 0 aromatic rings. The highest BCUT2D eigenvalue weighted by atomic mass is 16.3. The van der Waals surface area contributed by atoms with Crippen LogP contribution in [0.3, 0.4) is 0 Å². The van der Waals surface area contributed by atoms with E-state index in [4.69, 9.17) is 10.2 Å². The molecule has 2 N–H and O–H groups in total. The molecule has 0 saturated heterocycles. The van der Waals surface area contributed by atoms with Crippen LogP contribution in [0, 0.1) is 11.8 Å². The molecule has 0 unspecified atom stereocenters. The van der Waals surface area contributed by atoms with Crippen molar-refractivity contribution < 1.29 is 15.0 Å². The minimum atomic E-state index is -0.576. The Morgan fingerprint density at radius 2 is 2.12 bits per heavy atom. The van der Waals surface area contributed by atoms with Crippen LogP contribution in [0.15, 0.2) is 0 Å². The Labute approximate surface area is 46.9 Å². The van der Waals surface area contributed by atoms with Gasteiger partial charge in [0.2, 0.25) is 5.78 Å². The highest BCUT2D eigenvalue weighted by Crippen LogP contribution is 1.61. The van der Waals surface area contributed by atoms with Crippen LogP contribution >= 0.6 is 0 Å². The molecule has 0 amide bonds. The smallest absolute Gasteiger partial charge is 0.230 e. The Balaban J connectivity index is 3.52. The molecular formula is C5H6O3. The average molecular weight is 114 g/mol. The Hall–Kier alpha value is -0.850. The predicted octanol–water partition coefficient (Wildman–Crippen LogP) is -1.46. The van der Waals surface area contributed by atoms with E-state index in [9.17, 15) is 4.79 Å². The Morgan fingerprint density at radius 3 is 2.50 bits per heavy atom. The summed E-state index contributed by atoms with van der Waals surface area (Å²) < 4.78 is 0. The lowest BCUT2D eigenvalue weighted by Crippen LogP contribution is -1.98. The Bertz CT molecular complexity index is 128. The first-order valence-electron chi connectivity index (χ1n) is 2.04. The highest BCUT2D eigenvalue weighted by molar-refractivity contribution is 5.96. The summed E-state index contributed by atoms with van der Waals surface area (Å²) in [6, 6.07) is 0. The molecule has 8 heavy (non-hydrogen) atoms.